The lowest BCUT2D eigenvalue weighted by Crippen LogP contribution is -2.29. The summed E-state index contributed by atoms with van der Waals surface area (Å²) in [6.07, 6.45) is 3.91. The average molecular weight is 459 g/mol. The Morgan fingerprint density at radius 3 is 2.66 bits per heavy atom. The molecule has 0 aliphatic heterocycles. The van der Waals surface area contributed by atoms with Crippen LogP contribution in [-0.2, 0) is 10.2 Å². The molecule has 1 aromatic carbocycles. The second kappa shape index (κ2) is 8.99. The Morgan fingerprint density at radius 2 is 1.97 bits per heavy atom. The number of benzene rings is 1. The highest BCUT2D eigenvalue weighted by Crippen LogP contribution is 2.43. The molecule has 0 atom stereocenters. The SMILES string of the molecule is CCN(CC)CCOC/C=C\C1=C(C)C(C)(C)c2[nH]c3cc(Br)ccc3c2C1=O. The fourth-order valence-corrected chi connectivity index (χ4v) is 4.32. The minimum Gasteiger partial charge on any atom is -0.376 e. The van der Waals surface area contributed by atoms with E-state index in [2.05, 4.69) is 60.4 Å². The number of nitrogens with one attached hydrogen (secondary N) is 1. The predicted molar refractivity (Wildman–Crippen MR) is 124 cm³/mol. The summed E-state index contributed by atoms with van der Waals surface area (Å²) in [6.45, 7) is 14.9. The molecule has 0 spiro atoms. The maximum absolute atomic E-state index is 13.4. The molecule has 1 aliphatic rings. The minimum absolute atomic E-state index is 0.0878. The van der Waals surface area contributed by atoms with Gasteiger partial charge in [-0.3, -0.25) is 4.79 Å². The quantitative estimate of drug-likeness (QED) is 0.520. The molecule has 1 N–H and O–H groups in total. The van der Waals surface area contributed by atoms with Crippen molar-refractivity contribution in [1.29, 1.82) is 0 Å². The van der Waals surface area contributed by atoms with E-state index in [1.54, 1.807) is 0 Å². The van der Waals surface area contributed by atoms with Crippen molar-refractivity contribution in [3.8, 4) is 0 Å². The van der Waals surface area contributed by atoms with Gasteiger partial charge < -0.3 is 14.6 Å². The molecule has 0 radical (unpaired) electrons. The van der Waals surface area contributed by atoms with Crippen molar-refractivity contribution >= 4 is 32.6 Å². The number of likely N-dealkylation sites (N-methyl/N-ethyl adjacent to an activating group) is 1. The number of H-pyrrole nitrogens is 1. The first-order valence-electron chi connectivity index (χ1n) is 10.4. The van der Waals surface area contributed by atoms with Crippen LogP contribution in [-0.4, -0.2) is 48.5 Å². The molecule has 0 unspecified atom stereocenters. The molecule has 3 rings (SSSR count). The zero-order chi connectivity index (χ0) is 21.2. The molecule has 2 aromatic rings. The molecule has 156 valence electrons. The molecule has 0 fully saturated rings. The van der Waals surface area contributed by atoms with Gasteiger partial charge in [-0.2, -0.15) is 0 Å². The van der Waals surface area contributed by atoms with Crippen LogP contribution in [0.25, 0.3) is 10.9 Å². The molecule has 4 nitrogen and oxygen atoms in total. The monoisotopic (exact) mass is 458 g/mol. The van der Waals surface area contributed by atoms with Crippen LogP contribution in [0, 0.1) is 0 Å². The van der Waals surface area contributed by atoms with E-state index in [-0.39, 0.29) is 11.2 Å². The van der Waals surface area contributed by atoms with E-state index in [0.29, 0.717) is 13.2 Å². The fraction of sp³-hybridized carbons (Fsp3) is 0.458. The third kappa shape index (κ3) is 4.27. The van der Waals surface area contributed by atoms with Gasteiger partial charge in [0, 0.05) is 38.6 Å². The van der Waals surface area contributed by atoms with Gasteiger partial charge in [-0.1, -0.05) is 67.4 Å². The van der Waals surface area contributed by atoms with E-state index in [1.165, 1.54) is 0 Å². The van der Waals surface area contributed by atoms with E-state index in [1.807, 2.05) is 30.4 Å². The zero-order valence-electron chi connectivity index (χ0n) is 18.1. The van der Waals surface area contributed by atoms with Gasteiger partial charge in [-0.25, -0.2) is 0 Å². The number of aromatic amines is 1. The highest BCUT2D eigenvalue weighted by Gasteiger charge is 2.38. The van der Waals surface area contributed by atoms with E-state index >= 15 is 0 Å². The average Bonchev–Trinajstić information content (AvgIpc) is 3.08. The number of carbonyl (C=O) groups is 1. The van der Waals surface area contributed by atoms with Crippen molar-refractivity contribution in [1.82, 2.24) is 9.88 Å². The van der Waals surface area contributed by atoms with E-state index < -0.39 is 0 Å². The Balaban J connectivity index is 1.80. The highest BCUT2D eigenvalue weighted by atomic mass is 79.9. The molecule has 0 saturated carbocycles. The largest absolute Gasteiger partial charge is 0.376 e. The fourth-order valence-electron chi connectivity index (χ4n) is 3.95. The first kappa shape index (κ1) is 22.0. The number of hydrogen-bond donors (Lipinski definition) is 1. The number of nitrogens with zero attached hydrogens (tertiary/aromatic N) is 1. The second-order valence-corrected chi connectivity index (χ2v) is 8.98. The van der Waals surface area contributed by atoms with Crippen molar-refractivity contribution in [2.24, 2.45) is 0 Å². The first-order valence-corrected chi connectivity index (χ1v) is 11.1. The van der Waals surface area contributed by atoms with Crippen molar-refractivity contribution in [3.63, 3.8) is 0 Å². The lowest BCUT2D eigenvalue weighted by molar-refractivity contribution is 0.103. The van der Waals surface area contributed by atoms with Gasteiger partial charge in [0.1, 0.15) is 0 Å². The summed E-state index contributed by atoms with van der Waals surface area (Å²) in [6, 6.07) is 6.04. The summed E-state index contributed by atoms with van der Waals surface area (Å²) in [5.41, 5.74) is 4.41. The van der Waals surface area contributed by atoms with E-state index in [4.69, 9.17) is 4.74 Å². The number of Topliss-reactive ketones (excluding diaryl/α,β-unsaturated/α-hetero) is 1. The third-order valence-corrected chi connectivity index (χ3v) is 6.64. The molecule has 0 amide bonds. The zero-order valence-corrected chi connectivity index (χ0v) is 19.6. The summed E-state index contributed by atoms with van der Waals surface area (Å²) in [5.74, 6) is 0.0878. The molecular formula is C24H31BrN2O2. The number of ketones is 1. The molecule has 1 heterocycles. The van der Waals surface area contributed by atoms with Crippen molar-refractivity contribution < 1.29 is 9.53 Å². The Kier molecular flexibility index (Phi) is 6.82. The highest BCUT2D eigenvalue weighted by molar-refractivity contribution is 9.10. The van der Waals surface area contributed by atoms with Gasteiger partial charge in [-0.05, 0) is 32.1 Å². The molecule has 0 bridgehead atoms. The van der Waals surface area contributed by atoms with Gasteiger partial charge in [0.05, 0.1) is 18.8 Å². The van der Waals surface area contributed by atoms with Crippen LogP contribution in [0.15, 0.2) is 46.0 Å². The van der Waals surface area contributed by atoms with Crippen molar-refractivity contribution in [2.45, 2.75) is 40.0 Å². The van der Waals surface area contributed by atoms with Crippen LogP contribution in [0.5, 0.6) is 0 Å². The number of fused-ring (bicyclic) bond motifs is 3. The summed E-state index contributed by atoms with van der Waals surface area (Å²) >= 11 is 3.52. The van der Waals surface area contributed by atoms with Gasteiger partial charge in [0.15, 0.2) is 5.78 Å². The van der Waals surface area contributed by atoms with Crippen LogP contribution in [0.3, 0.4) is 0 Å². The van der Waals surface area contributed by atoms with E-state index in [9.17, 15) is 4.79 Å². The Morgan fingerprint density at radius 1 is 1.24 bits per heavy atom. The molecule has 5 heteroatoms. The lowest BCUT2D eigenvalue weighted by atomic mass is 9.71. The number of ether oxygens (including phenoxy) is 1. The molecule has 1 aliphatic carbocycles. The molecular weight excluding hydrogens is 428 g/mol. The van der Waals surface area contributed by atoms with Gasteiger partial charge in [0.25, 0.3) is 0 Å². The Labute approximate surface area is 182 Å². The Bertz CT molecular complexity index is 965. The third-order valence-electron chi connectivity index (χ3n) is 6.14. The first-order chi connectivity index (χ1) is 13.8. The van der Waals surface area contributed by atoms with E-state index in [0.717, 1.165) is 57.4 Å². The number of carbonyl (C=O) groups excluding carboxylic acids is 1. The smallest absolute Gasteiger partial charge is 0.195 e. The number of rotatable bonds is 8. The van der Waals surface area contributed by atoms with Crippen LogP contribution in [0.2, 0.25) is 0 Å². The van der Waals surface area contributed by atoms with Crippen LogP contribution in [0.4, 0.5) is 0 Å². The maximum Gasteiger partial charge on any atom is 0.195 e. The number of halogens is 1. The normalized spacial score (nSPS) is 16.4. The van der Waals surface area contributed by atoms with Crippen molar-refractivity contribution in [3.05, 3.63) is 57.2 Å². The maximum atomic E-state index is 13.4. The second-order valence-electron chi connectivity index (χ2n) is 8.06. The van der Waals surface area contributed by atoms with Crippen molar-refractivity contribution in [2.75, 3.05) is 32.8 Å². The molecule has 29 heavy (non-hydrogen) atoms. The molecule has 0 saturated heterocycles. The standard InChI is InChI=1S/C24H31BrN2O2/c1-6-27(7-2)12-14-29-13-8-9-18-16(3)24(4,5)23-21(22(18)28)19-11-10-17(25)15-20(19)26-23/h8-11,15,26H,6-7,12-14H2,1-5H3/b9-8-. The van der Waals surface area contributed by atoms with Gasteiger partial charge in [0.2, 0.25) is 0 Å². The van der Waals surface area contributed by atoms with Gasteiger partial charge >= 0.3 is 0 Å². The summed E-state index contributed by atoms with van der Waals surface area (Å²) in [5, 5.41) is 0.982. The predicted octanol–water partition coefficient (Wildman–Crippen LogP) is 5.64. The minimum atomic E-state index is -0.238. The molecule has 1 aromatic heterocycles. The summed E-state index contributed by atoms with van der Waals surface area (Å²) in [7, 11) is 0. The number of aromatic nitrogens is 1. The summed E-state index contributed by atoms with van der Waals surface area (Å²) in [4.78, 5) is 19.2. The topological polar surface area (TPSA) is 45.3 Å². The Hall–Kier alpha value is -1.69. The number of allylic oxidation sites excluding steroid dienone is 3. The van der Waals surface area contributed by atoms with Crippen LogP contribution in [0.1, 0.15) is 50.7 Å². The van der Waals surface area contributed by atoms with Crippen LogP contribution < -0.4 is 0 Å². The summed E-state index contributed by atoms with van der Waals surface area (Å²) < 4.78 is 6.75. The number of hydrogen-bond acceptors (Lipinski definition) is 3. The van der Waals surface area contributed by atoms with Gasteiger partial charge in [-0.15, -0.1) is 0 Å². The van der Waals surface area contributed by atoms with Crippen LogP contribution >= 0.6 is 15.9 Å². The lowest BCUT2D eigenvalue weighted by Gasteiger charge is -2.32.